The summed E-state index contributed by atoms with van der Waals surface area (Å²) in [5.41, 5.74) is 3.85. The SMILES string of the molecule is FC(F)(F)c1ccc(COc2ccc(COc3ccc4c(c3)CCC4)cc2)cc1. The van der Waals surface area contributed by atoms with Gasteiger partial charge in [-0.05, 0) is 77.9 Å². The van der Waals surface area contributed by atoms with Crippen molar-refractivity contribution in [1.82, 2.24) is 0 Å². The van der Waals surface area contributed by atoms with Gasteiger partial charge < -0.3 is 9.47 Å². The Morgan fingerprint density at radius 1 is 0.655 bits per heavy atom. The number of hydrogen-bond acceptors (Lipinski definition) is 2. The summed E-state index contributed by atoms with van der Waals surface area (Å²) in [5, 5.41) is 0. The van der Waals surface area contributed by atoms with Gasteiger partial charge in [-0.15, -0.1) is 0 Å². The van der Waals surface area contributed by atoms with E-state index in [2.05, 4.69) is 12.1 Å². The first kappa shape index (κ1) is 19.4. The molecule has 29 heavy (non-hydrogen) atoms. The van der Waals surface area contributed by atoms with E-state index in [-0.39, 0.29) is 6.61 Å². The molecule has 0 unspecified atom stereocenters. The van der Waals surface area contributed by atoms with E-state index in [1.165, 1.54) is 29.7 Å². The molecule has 0 saturated carbocycles. The van der Waals surface area contributed by atoms with Gasteiger partial charge >= 0.3 is 6.18 Å². The average Bonchev–Trinajstić information content (AvgIpc) is 3.19. The molecule has 5 heteroatoms. The van der Waals surface area contributed by atoms with E-state index in [4.69, 9.17) is 9.47 Å². The Bertz CT molecular complexity index is 961. The van der Waals surface area contributed by atoms with Gasteiger partial charge in [0, 0.05) is 0 Å². The van der Waals surface area contributed by atoms with Gasteiger partial charge in [0.2, 0.25) is 0 Å². The van der Waals surface area contributed by atoms with Crippen molar-refractivity contribution < 1.29 is 22.6 Å². The highest BCUT2D eigenvalue weighted by Gasteiger charge is 2.29. The van der Waals surface area contributed by atoms with Crippen LogP contribution in [0.5, 0.6) is 11.5 Å². The highest BCUT2D eigenvalue weighted by molar-refractivity contribution is 5.38. The Kier molecular flexibility index (Phi) is 5.47. The van der Waals surface area contributed by atoms with Crippen LogP contribution in [0.15, 0.2) is 66.7 Å². The molecule has 0 aromatic heterocycles. The second-order valence-corrected chi connectivity index (χ2v) is 7.20. The fourth-order valence-electron chi connectivity index (χ4n) is 3.44. The summed E-state index contributed by atoms with van der Waals surface area (Å²) in [6.45, 7) is 0.682. The third-order valence-corrected chi connectivity index (χ3v) is 5.09. The van der Waals surface area contributed by atoms with E-state index in [1.807, 2.05) is 30.3 Å². The summed E-state index contributed by atoms with van der Waals surface area (Å²) in [5.74, 6) is 1.54. The zero-order valence-corrected chi connectivity index (χ0v) is 15.8. The van der Waals surface area contributed by atoms with E-state index < -0.39 is 11.7 Å². The minimum Gasteiger partial charge on any atom is -0.489 e. The zero-order chi connectivity index (χ0) is 20.3. The van der Waals surface area contributed by atoms with Gasteiger partial charge in [0.1, 0.15) is 24.7 Å². The van der Waals surface area contributed by atoms with Crippen LogP contribution < -0.4 is 9.47 Å². The van der Waals surface area contributed by atoms with Crippen molar-refractivity contribution in [3.05, 3.63) is 94.5 Å². The number of halogens is 3. The van der Waals surface area contributed by atoms with E-state index in [1.54, 1.807) is 0 Å². The van der Waals surface area contributed by atoms with Crippen LogP contribution in [0, 0.1) is 0 Å². The molecule has 0 radical (unpaired) electrons. The number of benzene rings is 3. The fourth-order valence-corrected chi connectivity index (χ4v) is 3.44. The first-order valence-corrected chi connectivity index (χ1v) is 9.60. The molecule has 2 nitrogen and oxygen atoms in total. The van der Waals surface area contributed by atoms with E-state index >= 15 is 0 Å². The first-order chi connectivity index (χ1) is 14.0. The van der Waals surface area contributed by atoms with Crippen LogP contribution in [0.25, 0.3) is 0 Å². The van der Waals surface area contributed by atoms with Crippen molar-refractivity contribution in [3.63, 3.8) is 0 Å². The largest absolute Gasteiger partial charge is 0.489 e. The van der Waals surface area contributed by atoms with Crippen LogP contribution in [0.2, 0.25) is 0 Å². The van der Waals surface area contributed by atoms with Crippen molar-refractivity contribution in [2.75, 3.05) is 0 Å². The number of fused-ring (bicyclic) bond motifs is 1. The Labute approximate surface area is 167 Å². The van der Waals surface area contributed by atoms with Crippen molar-refractivity contribution in [3.8, 4) is 11.5 Å². The summed E-state index contributed by atoms with van der Waals surface area (Å²) in [6.07, 6.45) is -0.829. The standard InChI is InChI=1S/C24H21F3O2/c25-24(26,27)21-9-4-17(5-10-21)15-28-22-11-6-18(7-12-22)16-29-23-13-8-19-2-1-3-20(19)14-23/h4-14H,1-3,15-16H2. The van der Waals surface area contributed by atoms with Crippen LogP contribution >= 0.6 is 0 Å². The molecule has 0 amide bonds. The number of aryl methyl sites for hydroxylation is 2. The highest BCUT2D eigenvalue weighted by atomic mass is 19.4. The van der Waals surface area contributed by atoms with E-state index in [0.717, 1.165) is 36.3 Å². The van der Waals surface area contributed by atoms with Gasteiger partial charge in [0.05, 0.1) is 5.56 Å². The zero-order valence-electron chi connectivity index (χ0n) is 15.8. The minimum absolute atomic E-state index is 0.211. The molecule has 0 heterocycles. The van der Waals surface area contributed by atoms with Gasteiger partial charge in [-0.3, -0.25) is 0 Å². The van der Waals surface area contributed by atoms with Gasteiger partial charge in [-0.2, -0.15) is 13.2 Å². The van der Waals surface area contributed by atoms with Gasteiger partial charge in [-0.1, -0.05) is 30.3 Å². The van der Waals surface area contributed by atoms with Crippen molar-refractivity contribution in [2.45, 2.75) is 38.7 Å². The second-order valence-electron chi connectivity index (χ2n) is 7.20. The molecular weight excluding hydrogens is 377 g/mol. The maximum Gasteiger partial charge on any atom is 0.416 e. The predicted octanol–water partition coefficient (Wildman–Crippen LogP) is 6.35. The van der Waals surface area contributed by atoms with Crippen molar-refractivity contribution >= 4 is 0 Å². The van der Waals surface area contributed by atoms with Gasteiger partial charge in [0.15, 0.2) is 0 Å². The molecule has 3 aromatic rings. The molecular formula is C24H21F3O2. The summed E-state index contributed by atoms with van der Waals surface area (Å²) >= 11 is 0. The number of ether oxygens (including phenoxy) is 2. The predicted molar refractivity (Wildman–Crippen MR) is 105 cm³/mol. The van der Waals surface area contributed by atoms with Crippen LogP contribution in [0.1, 0.15) is 34.2 Å². The summed E-state index contributed by atoms with van der Waals surface area (Å²) in [4.78, 5) is 0. The van der Waals surface area contributed by atoms with Gasteiger partial charge in [-0.25, -0.2) is 0 Å². The minimum atomic E-state index is -4.32. The Morgan fingerprint density at radius 3 is 1.86 bits per heavy atom. The molecule has 3 aromatic carbocycles. The summed E-state index contributed by atoms with van der Waals surface area (Å²) < 4.78 is 49.3. The number of hydrogen-bond donors (Lipinski definition) is 0. The lowest BCUT2D eigenvalue weighted by atomic mass is 10.1. The molecule has 1 aliphatic carbocycles. The molecule has 0 saturated heterocycles. The van der Waals surface area contributed by atoms with Crippen LogP contribution in [0.4, 0.5) is 13.2 Å². The number of rotatable bonds is 6. The van der Waals surface area contributed by atoms with Crippen LogP contribution in [0.3, 0.4) is 0 Å². The van der Waals surface area contributed by atoms with Crippen LogP contribution in [-0.4, -0.2) is 0 Å². The Morgan fingerprint density at radius 2 is 1.21 bits per heavy atom. The lowest BCUT2D eigenvalue weighted by molar-refractivity contribution is -0.137. The molecule has 0 bridgehead atoms. The average molecular weight is 398 g/mol. The van der Waals surface area contributed by atoms with Gasteiger partial charge in [0.25, 0.3) is 0 Å². The molecule has 0 fully saturated rings. The van der Waals surface area contributed by atoms with Crippen molar-refractivity contribution in [2.24, 2.45) is 0 Å². The Balaban J connectivity index is 1.29. The molecule has 150 valence electrons. The smallest absolute Gasteiger partial charge is 0.416 e. The summed E-state index contributed by atoms with van der Waals surface area (Å²) in [7, 11) is 0. The van der Waals surface area contributed by atoms with E-state index in [0.29, 0.717) is 17.9 Å². The third kappa shape index (κ3) is 4.91. The highest BCUT2D eigenvalue weighted by Crippen LogP contribution is 2.29. The molecule has 1 aliphatic rings. The molecule has 4 rings (SSSR count). The molecule has 0 atom stereocenters. The molecule has 0 spiro atoms. The third-order valence-electron chi connectivity index (χ3n) is 5.09. The fraction of sp³-hybridized carbons (Fsp3) is 0.250. The second kappa shape index (κ2) is 8.19. The quantitative estimate of drug-likeness (QED) is 0.482. The maximum absolute atomic E-state index is 12.6. The monoisotopic (exact) mass is 398 g/mol. The normalized spacial score (nSPS) is 13.2. The number of alkyl halides is 3. The topological polar surface area (TPSA) is 18.5 Å². The molecule has 0 aliphatic heterocycles. The van der Waals surface area contributed by atoms with Crippen LogP contribution in [-0.2, 0) is 32.2 Å². The lowest BCUT2D eigenvalue weighted by Crippen LogP contribution is -2.05. The maximum atomic E-state index is 12.6. The van der Waals surface area contributed by atoms with Crippen molar-refractivity contribution in [1.29, 1.82) is 0 Å². The first-order valence-electron chi connectivity index (χ1n) is 9.60. The lowest BCUT2D eigenvalue weighted by Gasteiger charge is -2.10. The molecule has 0 N–H and O–H groups in total. The van der Waals surface area contributed by atoms with E-state index in [9.17, 15) is 13.2 Å². The Hall–Kier alpha value is -2.95. The summed E-state index contributed by atoms with van der Waals surface area (Å²) in [6, 6.07) is 18.8.